The van der Waals surface area contributed by atoms with Gasteiger partial charge in [0.15, 0.2) is 6.61 Å². The highest BCUT2D eigenvalue weighted by Crippen LogP contribution is 2.23. The average Bonchev–Trinajstić information content (AvgIpc) is 2.60. The first-order chi connectivity index (χ1) is 12.3. The molecule has 1 fully saturated rings. The molecular formula is C19H26N2O5. The first-order valence-corrected chi connectivity index (χ1v) is 8.87. The summed E-state index contributed by atoms with van der Waals surface area (Å²) in [5.74, 6) is -1.13. The Labute approximate surface area is 153 Å². The Morgan fingerprint density at radius 3 is 2.31 bits per heavy atom. The van der Waals surface area contributed by atoms with Gasteiger partial charge in [0.05, 0.1) is 0 Å². The number of aliphatic carboxylic acids is 1. The normalized spacial score (nSPS) is 21.0. The summed E-state index contributed by atoms with van der Waals surface area (Å²) in [6.45, 7) is 5.46. The average molecular weight is 362 g/mol. The Morgan fingerprint density at radius 2 is 1.77 bits per heavy atom. The van der Waals surface area contributed by atoms with E-state index in [1.54, 1.807) is 12.1 Å². The van der Waals surface area contributed by atoms with Gasteiger partial charge in [-0.1, -0.05) is 0 Å². The third kappa shape index (κ3) is 4.97. The van der Waals surface area contributed by atoms with E-state index in [9.17, 15) is 14.4 Å². The van der Waals surface area contributed by atoms with Gasteiger partial charge in [-0.05, 0) is 64.3 Å². The van der Waals surface area contributed by atoms with Gasteiger partial charge in [0.2, 0.25) is 0 Å². The van der Waals surface area contributed by atoms with Crippen molar-refractivity contribution in [3.63, 3.8) is 0 Å². The van der Waals surface area contributed by atoms with Crippen LogP contribution < -0.4 is 10.1 Å². The minimum absolute atomic E-state index is 0.0400. The van der Waals surface area contributed by atoms with Crippen LogP contribution in [-0.2, 0) is 9.59 Å². The van der Waals surface area contributed by atoms with E-state index in [0.29, 0.717) is 11.3 Å². The number of hydrogen-bond donors (Lipinski definition) is 2. The maximum absolute atomic E-state index is 12.4. The second-order valence-electron chi connectivity index (χ2n) is 6.78. The van der Waals surface area contributed by atoms with Crippen molar-refractivity contribution in [1.29, 1.82) is 0 Å². The van der Waals surface area contributed by atoms with E-state index in [1.165, 1.54) is 19.1 Å². The van der Waals surface area contributed by atoms with Gasteiger partial charge >= 0.3 is 5.97 Å². The molecule has 7 nitrogen and oxygen atoms in total. The van der Waals surface area contributed by atoms with E-state index in [4.69, 9.17) is 9.84 Å². The molecule has 0 saturated carbocycles. The lowest BCUT2D eigenvalue weighted by Crippen LogP contribution is -2.49. The molecule has 0 spiro atoms. The Morgan fingerprint density at radius 1 is 1.19 bits per heavy atom. The van der Waals surface area contributed by atoms with Crippen LogP contribution in [0.2, 0.25) is 0 Å². The number of rotatable bonds is 6. The maximum atomic E-state index is 12.4. The third-order valence-corrected chi connectivity index (χ3v) is 4.68. The lowest BCUT2D eigenvalue weighted by molar-refractivity contribution is -0.140. The number of benzene rings is 1. The van der Waals surface area contributed by atoms with E-state index in [0.717, 1.165) is 19.3 Å². The summed E-state index contributed by atoms with van der Waals surface area (Å²) in [6.07, 6.45) is 3.15. The van der Waals surface area contributed by atoms with Crippen molar-refractivity contribution >= 4 is 17.8 Å². The SMILES string of the molecule is CC1CCCC(C)N1C(=O)COc1ccc(C(=O)N[C@H](C)C(=O)O)cc1. The summed E-state index contributed by atoms with van der Waals surface area (Å²) >= 11 is 0. The molecule has 1 heterocycles. The largest absolute Gasteiger partial charge is 0.484 e. The molecule has 1 aromatic carbocycles. The molecule has 2 rings (SSSR count). The van der Waals surface area contributed by atoms with Crippen LogP contribution in [0.1, 0.15) is 50.4 Å². The molecule has 26 heavy (non-hydrogen) atoms. The fourth-order valence-electron chi connectivity index (χ4n) is 3.18. The number of carboxylic acids is 1. The maximum Gasteiger partial charge on any atom is 0.325 e. The van der Waals surface area contributed by atoms with Crippen LogP contribution in [-0.4, -0.2) is 52.5 Å². The zero-order valence-corrected chi connectivity index (χ0v) is 15.4. The highest BCUT2D eigenvalue weighted by atomic mass is 16.5. The van der Waals surface area contributed by atoms with Crippen molar-refractivity contribution in [2.24, 2.45) is 0 Å². The van der Waals surface area contributed by atoms with E-state index in [2.05, 4.69) is 19.2 Å². The number of ether oxygens (including phenoxy) is 1. The molecule has 2 amide bonds. The van der Waals surface area contributed by atoms with E-state index in [-0.39, 0.29) is 24.6 Å². The minimum atomic E-state index is -1.10. The predicted molar refractivity (Wildman–Crippen MR) is 96.1 cm³/mol. The molecule has 1 aliphatic rings. The number of likely N-dealkylation sites (tertiary alicyclic amines) is 1. The van der Waals surface area contributed by atoms with Crippen LogP contribution in [0.15, 0.2) is 24.3 Å². The Bertz CT molecular complexity index is 648. The molecular weight excluding hydrogens is 336 g/mol. The molecule has 0 aliphatic carbocycles. The van der Waals surface area contributed by atoms with Crippen molar-refractivity contribution in [2.75, 3.05) is 6.61 Å². The zero-order chi connectivity index (χ0) is 19.3. The molecule has 1 aliphatic heterocycles. The van der Waals surface area contributed by atoms with Gasteiger partial charge < -0.3 is 20.1 Å². The van der Waals surface area contributed by atoms with Gasteiger partial charge in [0.25, 0.3) is 11.8 Å². The Hall–Kier alpha value is -2.57. The summed E-state index contributed by atoms with van der Waals surface area (Å²) in [6, 6.07) is 5.73. The number of amides is 2. The highest BCUT2D eigenvalue weighted by Gasteiger charge is 2.29. The van der Waals surface area contributed by atoms with Gasteiger partial charge in [-0.2, -0.15) is 0 Å². The molecule has 142 valence electrons. The Balaban J connectivity index is 1.90. The number of carboxylic acid groups (broad SMARTS) is 1. The van der Waals surface area contributed by atoms with Crippen molar-refractivity contribution in [1.82, 2.24) is 10.2 Å². The smallest absolute Gasteiger partial charge is 0.325 e. The van der Waals surface area contributed by atoms with Gasteiger partial charge in [-0.3, -0.25) is 14.4 Å². The predicted octanol–water partition coefficient (Wildman–Crippen LogP) is 2.06. The second-order valence-corrected chi connectivity index (χ2v) is 6.78. The molecule has 2 unspecified atom stereocenters. The number of nitrogens with one attached hydrogen (secondary N) is 1. The molecule has 1 aromatic rings. The van der Waals surface area contributed by atoms with Gasteiger partial charge in [-0.25, -0.2) is 0 Å². The topological polar surface area (TPSA) is 95.9 Å². The van der Waals surface area contributed by atoms with Gasteiger partial charge in [0, 0.05) is 17.6 Å². The van der Waals surface area contributed by atoms with Gasteiger partial charge in [0.1, 0.15) is 11.8 Å². The standard InChI is InChI=1S/C19H26N2O5/c1-12-5-4-6-13(2)21(12)17(22)11-26-16-9-7-15(8-10-16)18(23)20-14(3)19(24)25/h7-10,12-14H,4-6,11H2,1-3H3,(H,20,23)(H,24,25)/t12?,13?,14-/m1/s1. The summed E-state index contributed by atoms with van der Waals surface area (Å²) in [4.78, 5) is 37.0. The van der Waals surface area contributed by atoms with Crippen molar-refractivity contribution in [3.05, 3.63) is 29.8 Å². The lowest BCUT2D eigenvalue weighted by Gasteiger charge is -2.38. The van der Waals surface area contributed by atoms with Crippen LogP contribution in [0.25, 0.3) is 0 Å². The van der Waals surface area contributed by atoms with E-state index in [1.807, 2.05) is 4.90 Å². The first-order valence-electron chi connectivity index (χ1n) is 8.87. The van der Waals surface area contributed by atoms with Crippen LogP contribution >= 0.6 is 0 Å². The van der Waals surface area contributed by atoms with Crippen LogP contribution in [0.4, 0.5) is 0 Å². The minimum Gasteiger partial charge on any atom is -0.484 e. The van der Waals surface area contributed by atoms with E-state index >= 15 is 0 Å². The third-order valence-electron chi connectivity index (χ3n) is 4.68. The monoisotopic (exact) mass is 362 g/mol. The summed E-state index contributed by atoms with van der Waals surface area (Å²) in [5, 5.41) is 11.2. The quantitative estimate of drug-likeness (QED) is 0.807. The number of carbonyl (C=O) groups excluding carboxylic acids is 2. The van der Waals surface area contributed by atoms with Crippen LogP contribution in [0, 0.1) is 0 Å². The van der Waals surface area contributed by atoms with Crippen LogP contribution in [0.5, 0.6) is 5.75 Å². The van der Waals surface area contributed by atoms with Crippen molar-refractivity contribution < 1.29 is 24.2 Å². The van der Waals surface area contributed by atoms with Crippen molar-refractivity contribution in [3.8, 4) is 5.75 Å². The Kier molecular flexibility index (Phi) is 6.60. The zero-order valence-electron chi connectivity index (χ0n) is 15.4. The van der Waals surface area contributed by atoms with E-state index < -0.39 is 17.9 Å². The molecule has 7 heteroatoms. The molecule has 2 N–H and O–H groups in total. The molecule has 0 radical (unpaired) electrons. The van der Waals surface area contributed by atoms with Crippen molar-refractivity contribution in [2.45, 2.75) is 58.2 Å². The molecule has 3 atom stereocenters. The molecule has 0 bridgehead atoms. The van der Waals surface area contributed by atoms with Gasteiger partial charge in [-0.15, -0.1) is 0 Å². The summed E-state index contributed by atoms with van der Waals surface area (Å²) in [5.41, 5.74) is 0.329. The summed E-state index contributed by atoms with van der Waals surface area (Å²) in [7, 11) is 0. The number of hydrogen-bond acceptors (Lipinski definition) is 4. The molecule has 1 saturated heterocycles. The summed E-state index contributed by atoms with van der Waals surface area (Å²) < 4.78 is 5.55. The fraction of sp³-hybridized carbons (Fsp3) is 0.526. The first kappa shape index (κ1) is 19.8. The number of piperidine rings is 1. The highest BCUT2D eigenvalue weighted by molar-refractivity contribution is 5.96. The van der Waals surface area contributed by atoms with Crippen LogP contribution in [0.3, 0.4) is 0 Å². The molecule has 0 aromatic heterocycles. The second kappa shape index (κ2) is 8.69. The fourth-order valence-corrected chi connectivity index (χ4v) is 3.18. The lowest BCUT2D eigenvalue weighted by atomic mass is 9.97. The number of nitrogens with zero attached hydrogens (tertiary/aromatic N) is 1. The number of carbonyl (C=O) groups is 3.